The zero-order valence-electron chi connectivity index (χ0n) is 14.3. The van der Waals surface area contributed by atoms with E-state index in [0.29, 0.717) is 0 Å². The molecule has 0 radical (unpaired) electrons. The summed E-state index contributed by atoms with van der Waals surface area (Å²) >= 11 is 24.6. The second-order valence-electron chi connectivity index (χ2n) is 6.04. The van der Waals surface area contributed by atoms with Gasteiger partial charge in [-0.2, -0.15) is 8.42 Å². The molecule has 0 heterocycles. The molecule has 3 N–H and O–H groups in total. The van der Waals surface area contributed by atoms with E-state index in [-0.39, 0.29) is 31.2 Å². The Morgan fingerprint density at radius 3 is 2.00 bits per heavy atom. The number of benzene rings is 3. The second-order valence-corrected chi connectivity index (χ2v) is 9.17. The minimum Gasteiger partial charge on any atom is -0.506 e. The Morgan fingerprint density at radius 2 is 1.41 bits per heavy atom. The predicted molar refractivity (Wildman–Crippen MR) is 114 cm³/mol. The van der Waals surface area contributed by atoms with Crippen molar-refractivity contribution in [3.05, 3.63) is 91.4 Å². The monoisotopic (exact) mass is 492 g/mol. The van der Waals surface area contributed by atoms with Gasteiger partial charge in [0.05, 0.1) is 15.1 Å². The minimum absolute atomic E-state index is 0.00871. The van der Waals surface area contributed by atoms with Crippen molar-refractivity contribution in [2.24, 2.45) is 0 Å². The van der Waals surface area contributed by atoms with E-state index in [1.54, 1.807) is 6.07 Å². The molecule has 0 fully saturated rings. The number of halogens is 4. The van der Waals surface area contributed by atoms with Gasteiger partial charge < -0.3 is 10.2 Å². The topological polar surface area (TPSA) is 94.8 Å². The number of phenolic OH excluding ortho intramolecular Hbond substituents is 2. The lowest BCUT2D eigenvalue weighted by Crippen LogP contribution is -2.39. The van der Waals surface area contributed by atoms with Gasteiger partial charge in [-0.15, -0.1) is 0 Å². The van der Waals surface area contributed by atoms with Crippen molar-refractivity contribution in [1.82, 2.24) is 0 Å². The fraction of sp³-hybridized carbons (Fsp3) is 0.0526. The van der Waals surface area contributed by atoms with Crippen LogP contribution in [0.4, 0.5) is 0 Å². The second kappa shape index (κ2) is 7.87. The van der Waals surface area contributed by atoms with Crippen molar-refractivity contribution in [3.8, 4) is 11.5 Å². The van der Waals surface area contributed by atoms with Gasteiger partial charge in [0.1, 0.15) is 16.5 Å². The van der Waals surface area contributed by atoms with Crippen LogP contribution < -0.4 is 0 Å². The Kier molecular flexibility index (Phi) is 5.98. The Labute approximate surface area is 186 Å². The van der Waals surface area contributed by atoms with Crippen LogP contribution in [0.2, 0.25) is 20.1 Å². The van der Waals surface area contributed by atoms with Crippen LogP contribution in [0.3, 0.4) is 0 Å². The van der Waals surface area contributed by atoms with E-state index in [1.807, 2.05) is 0 Å². The van der Waals surface area contributed by atoms with Gasteiger partial charge >= 0.3 is 0 Å². The molecule has 3 aromatic carbocycles. The largest absolute Gasteiger partial charge is 0.506 e. The van der Waals surface area contributed by atoms with Gasteiger partial charge in [0.2, 0.25) is 0 Å². The zero-order chi connectivity index (χ0) is 21.6. The van der Waals surface area contributed by atoms with Gasteiger partial charge in [0.15, 0.2) is 4.75 Å². The van der Waals surface area contributed by atoms with Gasteiger partial charge in [0.25, 0.3) is 10.1 Å². The standard InChI is InChI=1S/C19H12Cl4O5S/c20-12-9-13(21)17(23)18(25)15(12)19(29(26,27)28,10-5-2-1-3-6-10)11-7-4-8-14(24)16(11)22/h1-9,24-25H,(H,26,27,28). The van der Waals surface area contributed by atoms with Crippen LogP contribution in [0.15, 0.2) is 54.6 Å². The average Bonchev–Trinajstić information content (AvgIpc) is 2.66. The molecule has 0 saturated carbocycles. The third kappa shape index (κ3) is 3.44. The van der Waals surface area contributed by atoms with Crippen molar-refractivity contribution in [2.45, 2.75) is 4.75 Å². The maximum atomic E-state index is 13.0. The molecular formula is C19H12Cl4O5S. The minimum atomic E-state index is -5.14. The highest BCUT2D eigenvalue weighted by atomic mass is 35.5. The zero-order valence-corrected chi connectivity index (χ0v) is 18.1. The lowest BCUT2D eigenvalue weighted by molar-refractivity contribution is 0.439. The molecule has 29 heavy (non-hydrogen) atoms. The number of phenols is 2. The summed E-state index contributed by atoms with van der Waals surface area (Å²) in [4.78, 5) is 0. The summed E-state index contributed by atoms with van der Waals surface area (Å²) in [5.74, 6) is -1.20. The first-order valence-corrected chi connectivity index (χ1v) is 10.9. The average molecular weight is 494 g/mol. The molecule has 0 aromatic heterocycles. The molecule has 3 rings (SSSR count). The van der Waals surface area contributed by atoms with Crippen molar-refractivity contribution < 1.29 is 23.2 Å². The van der Waals surface area contributed by atoms with E-state index < -0.39 is 31.9 Å². The number of hydrogen-bond donors (Lipinski definition) is 3. The Bertz CT molecular complexity index is 1200. The van der Waals surface area contributed by atoms with Crippen molar-refractivity contribution in [3.63, 3.8) is 0 Å². The maximum absolute atomic E-state index is 13.0. The first-order valence-electron chi connectivity index (χ1n) is 7.91. The van der Waals surface area contributed by atoms with Gasteiger partial charge in [-0.25, -0.2) is 0 Å². The molecule has 152 valence electrons. The fourth-order valence-corrected chi connectivity index (χ4v) is 5.70. The predicted octanol–water partition coefficient (Wildman–Crippen LogP) is 5.89. The van der Waals surface area contributed by atoms with Gasteiger partial charge in [-0.3, -0.25) is 4.55 Å². The van der Waals surface area contributed by atoms with Gasteiger partial charge in [-0.05, 0) is 17.7 Å². The molecule has 1 atom stereocenters. The van der Waals surface area contributed by atoms with Crippen molar-refractivity contribution >= 4 is 56.5 Å². The molecule has 0 aliphatic rings. The van der Waals surface area contributed by atoms with Crippen LogP contribution in [-0.4, -0.2) is 23.2 Å². The molecule has 5 nitrogen and oxygen atoms in total. The summed E-state index contributed by atoms with van der Waals surface area (Å²) in [6.45, 7) is 0. The van der Waals surface area contributed by atoms with Crippen LogP contribution in [0.1, 0.15) is 16.7 Å². The molecule has 1 unspecified atom stereocenters. The van der Waals surface area contributed by atoms with Gasteiger partial charge in [-0.1, -0.05) is 88.9 Å². The highest BCUT2D eigenvalue weighted by Gasteiger charge is 2.53. The third-order valence-electron chi connectivity index (χ3n) is 4.42. The molecule has 0 aliphatic carbocycles. The van der Waals surface area contributed by atoms with Crippen molar-refractivity contribution in [1.29, 1.82) is 0 Å². The summed E-state index contributed by atoms with van der Waals surface area (Å²) in [7, 11) is -5.14. The third-order valence-corrected chi connectivity index (χ3v) is 7.33. The van der Waals surface area contributed by atoms with Crippen LogP contribution >= 0.6 is 46.4 Å². The summed E-state index contributed by atoms with van der Waals surface area (Å²) in [6, 6.07) is 12.4. The smallest absolute Gasteiger partial charge is 0.283 e. The Balaban J connectivity index is 2.67. The highest BCUT2D eigenvalue weighted by Crippen LogP contribution is 2.54. The van der Waals surface area contributed by atoms with E-state index >= 15 is 0 Å². The highest BCUT2D eigenvalue weighted by molar-refractivity contribution is 7.87. The first-order chi connectivity index (χ1) is 13.5. The van der Waals surface area contributed by atoms with Gasteiger partial charge in [0, 0.05) is 11.1 Å². The number of hydrogen-bond acceptors (Lipinski definition) is 4. The molecule has 10 heteroatoms. The van der Waals surface area contributed by atoms with Crippen LogP contribution in [-0.2, 0) is 14.9 Å². The summed E-state index contributed by atoms with van der Waals surface area (Å²) in [5, 5.41) is 19.7. The molecule has 0 bridgehead atoms. The van der Waals surface area contributed by atoms with Crippen LogP contribution in [0.5, 0.6) is 11.5 Å². The molecular weight excluding hydrogens is 482 g/mol. The first kappa shape index (κ1) is 22.0. The van der Waals surface area contributed by atoms with E-state index in [2.05, 4.69) is 0 Å². The summed E-state index contributed by atoms with van der Waals surface area (Å²) in [5.41, 5.74) is -0.719. The lowest BCUT2D eigenvalue weighted by Gasteiger charge is -2.34. The number of aromatic hydroxyl groups is 2. The SMILES string of the molecule is O=S(=O)(O)C(c1ccccc1)(c1cccc(O)c1Cl)c1c(Cl)cc(Cl)c(Cl)c1O. The van der Waals surface area contributed by atoms with Crippen LogP contribution in [0.25, 0.3) is 0 Å². The molecule has 3 aromatic rings. The quantitative estimate of drug-likeness (QED) is 0.239. The van der Waals surface area contributed by atoms with Crippen molar-refractivity contribution in [2.75, 3.05) is 0 Å². The Hall–Kier alpha value is -1.67. The fourth-order valence-electron chi connectivity index (χ4n) is 3.23. The van der Waals surface area contributed by atoms with E-state index in [4.69, 9.17) is 46.4 Å². The van der Waals surface area contributed by atoms with E-state index in [1.165, 1.54) is 42.5 Å². The van der Waals surface area contributed by atoms with E-state index in [0.717, 1.165) is 6.07 Å². The maximum Gasteiger partial charge on any atom is 0.283 e. The lowest BCUT2D eigenvalue weighted by atomic mass is 9.83. The molecule has 0 amide bonds. The number of rotatable bonds is 4. The normalized spacial score (nSPS) is 13.8. The molecule has 0 spiro atoms. The molecule has 0 aliphatic heterocycles. The molecule has 0 saturated heterocycles. The van der Waals surface area contributed by atoms with E-state index in [9.17, 15) is 23.2 Å². The Morgan fingerprint density at radius 1 is 0.793 bits per heavy atom. The van der Waals surface area contributed by atoms with Crippen LogP contribution in [0, 0.1) is 0 Å². The summed E-state index contributed by atoms with van der Waals surface area (Å²) in [6.07, 6.45) is 0. The summed E-state index contributed by atoms with van der Waals surface area (Å²) < 4.78 is 33.9.